The second kappa shape index (κ2) is 4.26. The smallest absolute Gasteiger partial charge is 0.106 e. The SMILES string of the molecule is CCn1nc(C)c(Cl)c1-c1cccc(C)n1. The summed E-state index contributed by atoms with van der Waals surface area (Å²) in [6.45, 7) is 6.71. The van der Waals surface area contributed by atoms with Crippen LogP contribution in [-0.2, 0) is 6.54 Å². The first-order chi connectivity index (χ1) is 7.63. The van der Waals surface area contributed by atoms with Crippen LogP contribution in [0.15, 0.2) is 18.2 Å². The molecule has 0 unspecified atom stereocenters. The first-order valence-electron chi connectivity index (χ1n) is 5.30. The first-order valence-corrected chi connectivity index (χ1v) is 5.68. The molecule has 2 heterocycles. The fourth-order valence-corrected chi connectivity index (χ4v) is 1.94. The molecule has 2 rings (SSSR count). The van der Waals surface area contributed by atoms with E-state index in [2.05, 4.69) is 10.1 Å². The Balaban J connectivity index is 2.63. The van der Waals surface area contributed by atoms with Gasteiger partial charge in [-0.25, -0.2) is 0 Å². The van der Waals surface area contributed by atoms with E-state index >= 15 is 0 Å². The maximum absolute atomic E-state index is 6.26. The fourth-order valence-electron chi connectivity index (χ4n) is 1.71. The zero-order valence-corrected chi connectivity index (χ0v) is 10.4. The normalized spacial score (nSPS) is 10.8. The van der Waals surface area contributed by atoms with Crippen molar-refractivity contribution in [3.05, 3.63) is 34.6 Å². The Kier molecular flexibility index (Phi) is 2.97. The Morgan fingerprint density at radius 3 is 2.69 bits per heavy atom. The lowest BCUT2D eigenvalue weighted by Gasteiger charge is -2.05. The predicted molar refractivity (Wildman–Crippen MR) is 65.6 cm³/mol. The van der Waals surface area contributed by atoms with Gasteiger partial charge in [0, 0.05) is 12.2 Å². The largest absolute Gasteiger partial charge is 0.262 e. The van der Waals surface area contributed by atoms with Crippen molar-refractivity contribution in [3.63, 3.8) is 0 Å². The van der Waals surface area contributed by atoms with Gasteiger partial charge in [-0.1, -0.05) is 17.7 Å². The molecule has 0 atom stereocenters. The van der Waals surface area contributed by atoms with Crippen LogP contribution in [0.25, 0.3) is 11.4 Å². The molecular formula is C12H14ClN3. The van der Waals surface area contributed by atoms with Gasteiger partial charge in [0.1, 0.15) is 5.69 Å². The molecule has 0 aliphatic heterocycles. The molecule has 0 aliphatic carbocycles. The van der Waals surface area contributed by atoms with Crippen molar-refractivity contribution in [2.45, 2.75) is 27.3 Å². The summed E-state index contributed by atoms with van der Waals surface area (Å²) in [6.07, 6.45) is 0. The lowest BCUT2D eigenvalue weighted by Crippen LogP contribution is -2.00. The van der Waals surface area contributed by atoms with E-state index in [0.717, 1.165) is 29.3 Å². The number of aromatic nitrogens is 3. The Labute approximate surface area is 100 Å². The minimum atomic E-state index is 0.694. The number of hydrogen-bond donors (Lipinski definition) is 0. The van der Waals surface area contributed by atoms with Crippen molar-refractivity contribution in [3.8, 4) is 11.4 Å². The third-order valence-electron chi connectivity index (χ3n) is 2.48. The third kappa shape index (κ3) is 1.83. The number of rotatable bonds is 2. The monoisotopic (exact) mass is 235 g/mol. The van der Waals surface area contributed by atoms with Gasteiger partial charge in [0.2, 0.25) is 0 Å². The van der Waals surface area contributed by atoms with Crippen LogP contribution in [0.1, 0.15) is 18.3 Å². The van der Waals surface area contributed by atoms with E-state index in [0.29, 0.717) is 5.02 Å². The first kappa shape index (κ1) is 11.1. The molecule has 0 amide bonds. The summed E-state index contributed by atoms with van der Waals surface area (Å²) in [5, 5.41) is 5.07. The van der Waals surface area contributed by atoms with Crippen LogP contribution in [0, 0.1) is 13.8 Å². The lowest BCUT2D eigenvalue weighted by atomic mass is 10.2. The van der Waals surface area contributed by atoms with Gasteiger partial charge >= 0.3 is 0 Å². The molecule has 3 nitrogen and oxygen atoms in total. The van der Waals surface area contributed by atoms with Gasteiger partial charge in [-0.15, -0.1) is 0 Å². The summed E-state index contributed by atoms with van der Waals surface area (Å²) in [5.74, 6) is 0. The van der Waals surface area contributed by atoms with E-state index in [1.807, 2.05) is 43.7 Å². The molecule has 0 bridgehead atoms. The highest BCUT2D eigenvalue weighted by Gasteiger charge is 2.15. The quantitative estimate of drug-likeness (QED) is 0.800. The molecule has 0 saturated carbocycles. The van der Waals surface area contributed by atoms with Crippen LogP contribution in [0.5, 0.6) is 0 Å². The molecule has 2 aromatic rings. The molecule has 0 fully saturated rings. The predicted octanol–water partition coefficient (Wildman–Crippen LogP) is 3.24. The van der Waals surface area contributed by atoms with E-state index in [1.165, 1.54) is 0 Å². The summed E-state index contributed by atoms with van der Waals surface area (Å²) in [4.78, 5) is 4.48. The van der Waals surface area contributed by atoms with Crippen LogP contribution >= 0.6 is 11.6 Å². The number of hydrogen-bond acceptors (Lipinski definition) is 2. The second-order valence-electron chi connectivity index (χ2n) is 3.73. The van der Waals surface area contributed by atoms with E-state index in [1.54, 1.807) is 0 Å². The molecule has 0 aliphatic rings. The molecule has 16 heavy (non-hydrogen) atoms. The van der Waals surface area contributed by atoms with Gasteiger partial charge in [-0.05, 0) is 32.9 Å². The molecule has 0 N–H and O–H groups in total. The van der Waals surface area contributed by atoms with Crippen molar-refractivity contribution >= 4 is 11.6 Å². The van der Waals surface area contributed by atoms with E-state index < -0.39 is 0 Å². The van der Waals surface area contributed by atoms with E-state index in [4.69, 9.17) is 11.6 Å². The highest BCUT2D eigenvalue weighted by Crippen LogP contribution is 2.29. The maximum atomic E-state index is 6.26. The Morgan fingerprint density at radius 1 is 1.31 bits per heavy atom. The molecule has 0 saturated heterocycles. The van der Waals surface area contributed by atoms with Crippen molar-refractivity contribution in [2.75, 3.05) is 0 Å². The topological polar surface area (TPSA) is 30.7 Å². The molecule has 0 spiro atoms. The minimum Gasteiger partial charge on any atom is -0.262 e. The molecule has 2 aromatic heterocycles. The minimum absolute atomic E-state index is 0.694. The highest BCUT2D eigenvalue weighted by molar-refractivity contribution is 6.33. The van der Waals surface area contributed by atoms with Crippen LogP contribution in [0.3, 0.4) is 0 Å². The number of halogens is 1. The van der Waals surface area contributed by atoms with E-state index in [-0.39, 0.29) is 0 Å². The van der Waals surface area contributed by atoms with Crippen molar-refractivity contribution in [2.24, 2.45) is 0 Å². The second-order valence-corrected chi connectivity index (χ2v) is 4.11. The Bertz CT molecular complexity index is 517. The van der Waals surface area contributed by atoms with Crippen molar-refractivity contribution < 1.29 is 0 Å². The van der Waals surface area contributed by atoms with Gasteiger partial charge in [0.15, 0.2) is 0 Å². The van der Waals surface area contributed by atoms with Crippen LogP contribution in [-0.4, -0.2) is 14.8 Å². The van der Waals surface area contributed by atoms with E-state index in [9.17, 15) is 0 Å². The number of nitrogens with zero attached hydrogens (tertiary/aromatic N) is 3. The molecule has 4 heteroatoms. The number of pyridine rings is 1. The van der Waals surface area contributed by atoms with Gasteiger partial charge in [0.05, 0.1) is 16.4 Å². The Hall–Kier alpha value is -1.35. The summed E-state index contributed by atoms with van der Waals surface area (Å²) >= 11 is 6.26. The zero-order valence-electron chi connectivity index (χ0n) is 9.66. The average Bonchev–Trinajstić information content (AvgIpc) is 2.55. The maximum Gasteiger partial charge on any atom is 0.106 e. The summed E-state index contributed by atoms with van der Waals surface area (Å²) in [6, 6.07) is 5.91. The third-order valence-corrected chi connectivity index (χ3v) is 2.94. The van der Waals surface area contributed by atoms with Crippen molar-refractivity contribution in [1.29, 1.82) is 0 Å². The summed E-state index contributed by atoms with van der Waals surface area (Å²) in [5.41, 5.74) is 3.62. The molecular weight excluding hydrogens is 222 g/mol. The van der Waals surface area contributed by atoms with Gasteiger partial charge < -0.3 is 0 Å². The highest BCUT2D eigenvalue weighted by atomic mass is 35.5. The lowest BCUT2D eigenvalue weighted by molar-refractivity contribution is 0.659. The van der Waals surface area contributed by atoms with Crippen LogP contribution in [0.2, 0.25) is 5.02 Å². The Morgan fingerprint density at radius 2 is 2.06 bits per heavy atom. The van der Waals surface area contributed by atoms with Gasteiger partial charge in [0.25, 0.3) is 0 Å². The summed E-state index contributed by atoms with van der Waals surface area (Å²) in [7, 11) is 0. The van der Waals surface area contributed by atoms with Crippen molar-refractivity contribution in [1.82, 2.24) is 14.8 Å². The zero-order chi connectivity index (χ0) is 11.7. The molecule has 0 aromatic carbocycles. The average molecular weight is 236 g/mol. The van der Waals surface area contributed by atoms with Crippen LogP contribution in [0.4, 0.5) is 0 Å². The summed E-state index contributed by atoms with van der Waals surface area (Å²) < 4.78 is 1.89. The molecule has 0 radical (unpaired) electrons. The standard InChI is InChI=1S/C12H14ClN3/c1-4-16-12(11(13)9(3)15-16)10-7-5-6-8(2)14-10/h5-7H,4H2,1-3H3. The number of aryl methyl sites for hydroxylation is 3. The van der Waals surface area contributed by atoms with Crippen LogP contribution < -0.4 is 0 Å². The fraction of sp³-hybridized carbons (Fsp3) is 0.333. The van der Waals surface area contributed by atoms with Gasteiger partial charge in [-0.3, -0.25) is 9.67 Å². The molecule has 84 valence electrons. The van der Waals surface area contributed by atoms with Gasteiger partial charge in [-0.2, -0.15) is 5.10 Å².